The number of non-ortho nitro benzene ring substituents is 1. The fraction of sp³-hybridized carbons (Fsp3) is 0.125. The first-order valence-corrected chi connectivity index (χ1v) is 7.88. The predicted molar refractivity (Wildman–Crippen MR) is 94.6 cm³/mol. The SMILES string of the molecule is O=C(COC(=O)COc1ccc(Cl)cc1Cl)Nc1cccc([N+](=O)[O-])c1. The van der Waals surface area contributed by atoms with Crippen LogP contribution in [-0.4, -0.2) is 30.0 Å². The van der Waals surface area contributed by atoms with Gasteiger partial charge in [0.15, 0.2) is 13.2 Å². The van der Waals surface area contributed by atoms with Gasteiger partial charge in [0.2, 0.25) is 0 Å². The fourth-order valence-electron chi connectivity index (χ4n) is 1.81. The summed E-state index contributed by atoms with van der Waals surface area (Å²) < 4.78 is 9.93. The Morgan fingerprint density at radius 2 is 1.88 bits per heavy atom. The van der Waals surface area contributed by atoms with Gasteiger partial charge in [0.25, 0.3) is 11.6 Å². The summed E-state index contributed by atoms with van der Waals surface area (Å²) in [5.41, 5.74) is 0.0393. The zero-order valence-corrected chi connectivity index (χ0v) is 14.6. The minimum atomic E-state index is -0.787. The molecule has 136 valence electrons. The molecule has 0 aliphatic heterocycles. The standard InChI is InChI=1S/C16H12Cl2N2O6/c17-10-4-5-14(13(18)6-10)25-9-16(22)26-8-15(21)19-11-2-1-3-12(7-11)20(23)24/h1-7H,8-9H2,(H,19,21). The smallest absolute Gasteiger partial charge is 0.344 e. The molecule has 0 unspecified atom stereocenters. The van der Waals surface area contributed by atoms with E-state index in [2.05, 4.69) is 5.32 Å². The topological polar surface area (TPSA) is 108 Å². The van der Waals surface area contributed by atoms with E-state index >= 15 is 0 Å². The van der Waals surface area contributed by atoms with Crippen LogP contribution in [0, 0.1) is 10.1 Å². The van der Waals surface area contributed by atoms with Crippen LogP contribution in [-0.2, 0) is 14.3 Å². The molecule has 8 nitrogen and oxygen atoms in total. The van der Waals surface area contributed by atoms with Crippen molar-refractivity contribution in [1.29, 1.82) is 0 Å². The van der Waals surface area contributed by atoms with Gasteiger partial charge in [-0.3, -0.25) is 14.9 Å². The van der Waals surface area contributed by atoms with Crippen LogP contribution >= 0.6 is 23.2 Å². The van der Waals surface area contributed by atoms with E-state index in [4.69, 9.17) is 32.7 Å². The molecule has 0 atom stereocenters. The maximum atomic E-state index is 11.7. The monoisotopic (exact) mass is 398 g/mol. The van der Waals surface area contributed by atoms with Gasteiger partial charge in [0.05, 0.1) is 9.95 Å². The van der Waals surface area contributed by atoms with Crippen molar-refractivity contribution in [2.45, 2.75) is 0 Å². The molecule has 10 heteroatoms. The zero-order valence-electron chi connectivity index (χ0n) is 13.1. The van der Waals surface area contributed by atoms with E-state index in [-0.39, 0.29) is 22.1 Å². The average molecular weight is 399 g/mol. The Balaban J connectivity index is 1.78. The van der Waals surface area contributed by atoms with Gasteiger partial charge in [-0.25, -0.2) is 4.79 Å². The average Bonchev–Trinajstić information content (AvgIpc) is 2.59. The number of nitro groups is 1. The van der Waals surface area contributed by atoms with Crippen molar-refractivity contribution in [2.24, 2.45) is 0 Å². The summed E-state index contributed by atoms with van der Waals surface area (Å²) >= 11 is 11.6. The number of esters is 1. The van der Waals surface area contributed by atoms with Crippen LogP contribution in [0.2, 0.25) is 10.0 Å². The molecule has 0 fully saturated rings. The number of carbonyl (C=O) groups excluding carboxylic acids is 2. The van der Waals surface area contributed by atoms with Crippen molar-refractivity contribution in [3.63, 3.8) is 0 Å². The number of anilines is 1. The molecule has 2 rings (SSSR count). The molecular weight excluding hydrogens is 387 g/mol. The molecule has 0 aliphatic rings. The van der Waals surface area contributed by atoms with Crippen LogP contribution in [0.4, 0.5) is 11.4 Å². The lowest BCUT2D eigenvalue weighted by Crippen LogP contribution is -2.23. The third kappa shape index (κ3) is 5.91. The van der Waals surface area contributed by atoms with Crippen molar-refractivity contribution in [1.82, 2.24) is 0 Å². The number of nitrogens with zero attached hydrogens (tertiary/aromatic N) is 1. The van der Waals surface area contributed by atoms with E-state index in [1.807, 2.05) is 0 Å². The van der Waals surface area contributed by atoms with Crippen molar-refractivity contribution in [3.05, 3.63) is 62.6 Å². The van der Waals surface area contributed by atoms with Gasteiger partial charge in [-0.05, 0) is 24.3 Å². The summed E-state index contributed by atoms with van der Waals surface area (Å²) in [5.74, 6) is -1.19. The normalized spacial score (nSPS) is 10.1. The van der Waals surface area contributed by atoms with Crippen molar-refractivity contribution in [2.75, 3.05) is 18.5 Å². The van der Waals surface area contributed by atoms with Crippen LogP contribution in [0.15, 0.2) is 42.5 Å². The van der Waals surface area contributed by atoms with E-state index in [1.165, 1.54) is 36.4 Å². The highest BCUT2D eigenvalue weighted by atomic mass is 35.5. The molecule has 0 saturated carbocycles. The third-order valence-electron chi connectivity index (χ3n) is 2.94. The number of rotatable bonds is 7. The van der Waals surface area contributed by atoms with Gasteiger partial charge in [-0.2, -0.15) is 0 Å². The highest BCUT2D eigenvalue weighted by molar-refractivity contribution is 6.35. The highest BCUT2D eigenvalue weighted by Gasteiger charge is 2.12. The fourth-order valence-corrected chi connectivity index (χ4v) is 2.27. The van der Waals surface area contributed by atoms with E-state index in [1.54, 1.807) is 6.07 Å². The Hall–Kier alpha value is -2.84. The van der Waals surface area contributed by atoms with Gasteiger partial charge in [-0.1, -0.05) is 29.3 Å². The molecule has 1 N–H and O–H groups in total. The first-order chi connectivity index (χ1) is 12.3. The second kappa shape index (κ2) is 9.02. The number of benzene rings is 2. The van der Waals surface area contributed by atoms with E-state index < -0.39 is 30.0 Å². The molecule has 0 aromatic heterocycles. The minimum absolute atomic E-state index is 0.173. The maximum absolute atomic E-state index is 11.7. The molecule has 2 aromatic rings. The molecule has 26 heavy (non-hydrogen) atoms. The van der Waals surface area contributed by atoms with Crippen LogP contribution in [0.1, 0.15) is 0 Å². The summed E-state index contributed by atoms with van der Waals surface area (Å²) in [7, 11) is 0. The largest absolute Gasteiger partial charge is 0.480 e. The molecule has 0 saturated heterocycles. The number of ether oxygens (including phenoxy) is 2. The van der Waals surface area contributed by atoms with Crippen molar-refractivity contribution >= 4 is 46.5 Å². The van der Waals surface area contributed by atoms with Gasteiger partial charge in [0.1, 0.15) is 5.75 Å². The van der Waals surface area contributed by atoms with Crippen molar-refractivity contribution in [3.8, 4) is 5.75 Å². The number of nitro benzene ring substituents is 1. The number of nitrogens with one attached hydrogen (secondary N) is 1. The Kier molecular flexibility index (Phi) is 6.76. The molecule has 1 amide bonds. The lowest BCUT2D eigenvalue weighted by molar-refractivity contribution is -0.384. The summed E-state index contributed by atoms with van der Waals surface area (Å²) in [6.45, 7) is -1.02. The Morgan fingerprint density at radius 1 is 1.12 bits per heavy atom. The van der Waals surface area contributed by atoms with Crippen molar-refractivity contribution < 1.29 is 24.0 Å². The summed E-state index contributed by atoms with van der Waals surface area (Å²) in [5, 5.41) is 13.7. The molecule has 2 aromatic carbocycles. The maximum Gasteiger partial charge on any atom is 0.344 e. The lowest BCUT2D eigenvalue weighted by atomic mass is 10.3. The van der Waals surface area contributed by atoms with Crippen LogP contribution in [0.3, 0.4) is 0 Å². The van der Waals surface area contributed by atoms with Gasteiger partial charge < -0.3 is 14.8 Å². The molecule has 0 heterocycles. The lowest BCUT2D eigenvalue weighted by Gasteiger charge is -2.09. The van der Waals surface area contributed by atoms with Gasteiger partial charge >= 0.3 is 5.97 Å². The first kappa shape index (κ1) is 19.5. The minimum Gasteiger partial charge on any atom is -0.480 e. The molecule has 0 spiro atoms. The molecule has 0 aliphatic carbocycles. The number of carbonyl (C=O) groups is 2. The Bertz CT molecular complexity index is 843. The van der Waals surface area contributed by atoms with Crippen LogP contribution < -0.4 is 10.1 Å². The highest BCUT2D eigenvalue weighted by Crippen LogP contribution is 2.27. The number of amides is 1. The van der Waals surface area contributed by atoms with Crippen LogP contribution in [0.5, 0.6) is 5.75 Å². The second-order valence-corrected chi connectivity index (χ2v) is 5.72. The Labute approximate surface area is 157 Å². The second-order valence-electron chi connectivity index (χ2n) is 4.88. The molecular formula is C16H12Cl2N2O6. The van der Waals surface area contributed by atoms with E-state index in [0.29, 0.717) is 5.02 Å². The predicted octanol–water partition coefficient (Wildman–Crippen LogP) is 3.46. The van der Waals surface area contributed by atoms with E-state index in [0.717, 1.165) is 0 Å². The van der Waals surface area contributed by atoms with Crippen LogP contribution in [0.25, 0.3) is 0 Å². The quantitative estimate of drug-likeness (QED) is 0.434. The zero-order chi connectivity index (χ0) is 19.1. The third-order valence-corrected chi connectivity index (χ3v) is 3.47. The number of hydrogen-bond acceptors (Lipinski definition) is 6. The molecule has 0 radical (unpaired) electrons. The van der Waals surface area contributed by atoms with Gasteiger partial charge in [-0.15, -0.1) is 0 Å². The van der Waals surface area contributed by atoms with E-state index in [9.17, 15) is 19.7 Å². The number of hydrogen-bond donors (Lipinski definition) is 1. The summed E-state index contributed by atoms with van der Waals surface area (Å²) in [6.07, 6.45) is 0. The van der Waals surface area contributed by atoms with Gasteiger partial charge in [0, 0.05) is 22.8 Å². The first-order valence-electron chi connectivity index (χ1n) is 7.13. The summed E-state index contributed by atoms with van der Waals surface area (Å²) in [4.78, 5) is 33.4. The number of halogens is 2. The Morgan fingerprint density at radius 3 is 2.58 bits per heavy atom. The summed E-state index contributed by atoms with van der Waals surface area (Å²) in [6, 6.07) is 9.85. The molecule has 0 bridgehead atoms.